The van der Waals surface area contributed by atoms with Crippen LogP contribution in [0.5, 0.6) is 0 Å². The average Bonchev–Trinajstić information content (AvgIpc) is 3.17. The van der Waals surface area contributed by atoms with Gasteiger partial charge in [-0.25, -0.2) is 4.98 Å². The van der Waals surface area contributed by atoms with Crippen molar-refractivity contribution in [2.75, 3.05) is 18.0 Å². The smallest absolute Gasteiger partial charge is 0.226 e. The number of carbonyl (C=O) groups is 1. The molecule has 3 rings (SSSR count). The summed E-state index contributed by atoms with van der Waals surface area (Å²) >= 11 is 0. The topological polar surface area (TPSA) is 84.2 Å². The van der Waals surface area contributed by atoms with Gasteiger partial charge in [-0.2, -0.15) is 4.98 Å². The van der Waals surface area contributed by atoms with Gasteiger partial charge < -0.3 is 14.7 Å². The third-order valence-corrected chi connectivity index (χ3v) is 4.77. The predicted octanol–water partition coefficient (Wildman–Crippen LogP) is 3.22. The molecule has 0 saturated carbocycles. The minimum Gasteiger partial charge on any atom is -0.357 e. The zero-order chi connectivity index (χ0) is 19.1. The van der Waals surface area contributed by atoms with Crippen LogP contribution in [0.4, 0.5) is 5.82 Å². The first-order valence-electron chi connectivity index (χ1n) is 9.91. The number of rotatable bonds is 8. The lowest BCUT2D eigenvalue weighted by Crippen LogP contribution is -2.30. The van der Waals surface area contributed by atoms with E-state index in [2.05, 4.69) is 31.4 Å². The molecule has 1 fully saturated rings. The molecular formula is C20H29N5O2. The summed E-state index contributed by atoms with van der Waals surface area (Å²) in [5.41, 5.74) is 1.02. The third-order valence-electron chi connectivity index (χ3n) is 4.77. The molecule has 7 nitrogen and oxygen atoms in total. The van der Waals surface area contributed by atoms with Gasteiger partial charge in [0, 0.05) is 44.6 Å². The van der Waals surface area contributed by atoms with Crippen molar-refractivity contribution in [1.29, 1.82) is 0 Å². The zero-order valence-electron chi connectivity index (χ0n) is 16.3. The molecule has 1 amide bonds. The van der Waals surface area contributed by atoms with E-state index in [1.165, 1.54) is 19.3 Å². The molecule has 1 aliphatic rings. The Kier molecular flexibility index (Phi) is 6.79. The van der Waals surface area contributed by atoms with Crippen molar-refractivity contribution in [1.82, 2.24) is 20.4 Å². The van der Waals surface area contributed by atoms with E-state index in [0.29, 0.717) is 31.7 Å². The van der Waals surface area contributed by atoms with E-state index in [1.807, 2.05) is 26.1 Å². The van der Waals surface area contributed by atoms with Gasteiger partial charge in [0.15, 0.2) is 5.82 Å². The van der Waals surface area contributed by atoms with Gasteiger partial charge in [-0.3, -0.25) is 4.79 Å². The fourth-order valence-electron chi connectivity index (χ4n) is 3.12. The number of carbonyl (C=O) groups excluding carboxylic acids is 1. The second-order valence-corrected chi connectivity index (χ2v) is 7.40. The summed E-state index contributed by atoms with van der Waals surface area (Å²) in [4.78, 5) is 23.2. The van der Waals surface area contributed by atoms with Crippen LogP contribution in [0, 0.1) is 0 Å². The summed E-state index contributed by atoms with van der Waals surface area (Å²) < 4.78 is 5.19. The van der Waals surface area contributed by atoms with Gasteiger partial charge >= 0.3 is 0 Å². The number of anilines is 1. The van der Waals surface area contributed by atoms with Crippen LogP contribution in [0.1, 0.15) is 69.1 Å². The van der Waals surface area contributed by atoms with Crippen LogP contribution in [-0.2, 0) is 17.8 Å². The van der Waals surface area contributed by atoms with Gasteiger partial charge in [-0.05, 0) is 37.3 Å². The largest absolute Gasteiger partial charge is 0.357 e. The van der Waals surface area contributed by atoms with E-state index in [0.717, 1.165) is 30.3 Å². The molecule has 0 aliphatic carbocycles. The average molecular weight is 371 g/mol. The maximum Gasteiger partial charge on any atom is 0.226 e. The van der Waals surface area contributed by atoms with E-state index < -0.39 is 0 Å². The standard InChI is InChI=1S/C20H29N5O2/c1-15(2)20-23-19(27-24-20)8-6-7-18(26)22-14-16-9-10-17(21-13-16)25-11-4-3-5-12-25/h9-10,13,15H,3-8,11-12,14H2,1-2H3,(H,22,26). The predicted molar refractivity (Wildman–Crippen MR) is 103 cm³/mol. The van der Waals surface area contributed by atoms with Gasteiger partial charge in [-0.15, -0.1) is 0 Å². The molecule has 2 aromatic heterocycles. The molecule has 7 heteroatoms. The molecule has 0 bridgehead atoms. The summed E-state index contributed by atoms with van der Waals surface area (Å²) in [6, 6.07) is 4.10. The Balaban J connectivity index is 1.37. The molecule has 1 saturated heterocycles. The van der Waals surface area contributed by atoms with Crippen LogP contribution in [-0.4, -0.2) is 34.1 Å². The van der Waals surface area contributed by atoms with Crippen molar-refractivity contribution in [3.8, 4) is 0 Å². The van der Waals surface area contributed by atoms with E-state index >= 15 is 0 Å². The number of pyridine rings is 1. The van der Waals surface area contributed by atoms with E-state index in [9.17, 15) is 4.79 Å². The Morgan fingerprint density at radius 1 is 1.26 bits per heavy atom. The van der Waals surface area contributed by atoms with Crippen LogP contribution in [0.3, 0.4) is 0 Å². The van der Waals surface area contributed by atoms with Gasteiger partial charge in [0.2, 0.25) is 11.8 Å². The van der Waals surface area contributed by atoms with Gasteiger partial charge in [-0.1, -0.05) is 25.1 Å². The molecule has 0 radical (unpaired) electrons. The second kappa shape index (κ2) is 9.48. The van der Waals surface area contributed by atoms with Crippen molar-refractivity contribution < 1.29 is 9.32 Å². The van der Waals surface area contributed by atoms with Crippen LogP contribution >= 0.6 is 0 Å². The van der Waals surface area contributed by atoms with Crippen LogP contribution in [0.25, 0.3) is 0 Å². The molecular weight excluding hydrogens is 342 g/mol. The Labute approximate surface area is 160 Å². The highest BCUT2D eigenvalue weighted by molar-refractivity contribution is 5.75. The number of aryl methyl sites for hydroxylation is 1. The zero-order valence-corrected chi connectivity index (χ0v) is 16.3. The van der Waals surface area contributed by atoms with Gasteiger partial charge in [0.25, 0.3) is 0 Å². The van der Waals surface area contributed by atoms with Crippen LogP contribution < -0.4 is 10.2 Å². The maximum atomic E-state index is 12.0. The van der Waals surface area contributed by atoms with Crippen molar-refractivity contribution in [2.45, 2.75) is 64.8 Å². The Hall–Kier alpha value is -2.44. The molecule has 1 aliphatic heterocycles. The summed E-state index contributed by atoms with van der Waals surface area (Å²) in [7, 11) is 0. The number of nitrogens with one attached hydrogen (secondary N) is 1. The quantitative estimate of drug-likeness (QED) is 0.767. The first-order valence-corrected chi connectivity index (χ1v) is 9.91. The molecule has 146 valence electrons. The molecule has 0 unspecified atom stereocenters. The van der Waals surface area contributed by atoms with E-state index in [-0.39, 0.29) is 11.8 Å². The first-order chi connectivity index (χ1) is 13.1. The Morgan fingerprint density at radius 2 is 2.07 bits per heavy atom. The molecule has 0 atom stereocenters. The third kappa shape index (κ3) is 5.77. The molecule has 0 spiro atoms. The van der Waals surface area contributed by atoms with Crippen LogP contribution in [0.2, 0.25) is 0 Å². The SMILES string of the molecule is CC(C)c1noc(CCCC(=O)NCc2ccc(N3CCCCC3)nc2)n1. The highest BCUT2D eigenvalue weighted by atomic mass is 16.5. The highest BCUT2D eigenvalue weighted by Gasteiger charge is 2.12. The lowest BCUT2D eigenvalue weighted by Gasteiger charge is -2.27. The lowest BCUT2D eigenvalue weighted by molar-refractivity contribution is -0.121. The second-order valence-electron chi connectivity index (χ2n) is 7.40. The number of piperidine rings is 1. The van der Waals surface area contributed by atoms with Crippen molar-refractivity contribution in [2.24, 2.45) is 0 Å². The van der Waals surface area contributed by atoms with Crippen molar-refractivity contribution >= 4 is 11.7 Å². The minimum absolute atomic E-state index is 0.0266. The lowest BCUT2D eigenvalue weighted by atomic mass is 10.1. The number of nitrogens with zero attached hydrogens (tertiary/aromatic N) is 4. The molecule has 0 aromatic carbocycles. The van der Waals surface area contributed by atoms with E-state index in [1.54, 1.807) is 0 Å². The van der Waals surface area contributed by atoms with Gasteiger partial charge in [0.05, 0.1) is 0 Å². The monoisotopic (exact) mass is 371 g/mol. The number of hydrogen-bond donors (Lipinski definition) is 1. The Bertz CT molecular complexity index is 720. The molecule has 3 heterocycles. The molecule has 2 aromatic rings. The van der Waals surface area contributed by atoms with Gasteiger partial charge in [0.1, 0.15) is 5.82 Å². The number of aromatic nitrogens is 3. The van der Waals surface area contributed by atoms with Crippen LogP contribution in [0.15, 0.2) is 22.9 Å². The normalized spacial score (nSPS) is 14.6. The molecule has 27 heavy (non-hydrogen) atoms. The summed E-state index contributed by atoms with van der Waals surface area (Å²) in [6.07, 6.45) is 7.40. The number of hydrogen-bond acceptors (Lipinski definition) is 6. The minimum atomic E-state index is 0.0266. The maximum absolute atomic E-state index is 12.0. The van der Waals surface area contributed by atoms with E-state index in [4.69, 9.17) is 4.52 Å². The summed E-state index contributed by atoms with van der Waals surface area (Å²) in [6.45, 7) is 6.72. The summed E-state index contributed by atoms with van der Waals surface area (Å²) in [5, 5.41) is 6.88. The van der Waals surface area contributed by atoms with Crippen molar-refractivity contribution in [3.63, 3.8) is 0 Å². The fraction of sp³-hybridized carbons (Fsp3) is 0.600. The summed E-state index contributed by atoms with van der Waals surface area (Å²) in [5.74, 6) is 2.63. The highest BCUT2D eigenvalue weighted by Crippen LogP contribution is 2.17. The fourth-order valence-corrected chi connectivity index (χ4v) is 3.12. The number of amides is 1. The molecule has 1 N–H and O–H groups in total. The Morgan fingerprint density at radius 3 is 2.74 bits per heavy atom. The first kappa shape index (κ1) is 19.3. The van der Waals surface area contributed by atoms with Crippen molar-refractivity contribution in [3.05, 3.63) is 35.6 Å².